The predicted molar refractivity (Wildman–Crippen MR) is 98.0 cm³/mol. The Balaban J connectivity index is 1.37. The fraction of sp³-hybridized carbons (Fsp3) is 0.389. The first-order valence-electron chi connectivity index (χ1n) is 8.74. The molecule has 27 heavy (non-hydrogen) atoms. The lowest BCUT2D eigenvalue weighted by atomic mass is 9.99. The van der Waals surface area contributed by atoms with Crippen molar-refractivity contribution in [1.82, 2.24) is 25.1 Å². The van der Waals surface area contributed by atoms with Crippen LogP contribution in [0.15, 0.2) is 36.9 Å². The molecule has 0 radical (unpaired) electrons. The third-order valence-corrected chi connectivity index (χ3v) is 6.32. The predicted octanol–water partition coefficient (Wildman–Crippen LogP) is 2.56. The number of hydrogen-bond donors (Lipinski definition) is 2. The number of piperidine rings is 1. The average Bonchev–Trinajstić information content (AvgIpc) is 3.42. The maximum absolute atomic E-state index is 14.6. The number of nitrogens with one attached hydrogen (secondary N) is 1. The van der Waals surface area contributed by atoms with Crippen LogP contribution in [0.4, 0.5) is 4.39 Å². The number of hydrogen-bond acceptors (Lipinski definition) is 7. The van der Waals surface area contributed by atoms with E-state index in [4.69, 9.17) is 4.74 Å². The van der Waals surface area contributed by atoms with Gasteiger partial charge in [0.25, 0.3) is 5.19 Å². The van der Waals surface area contributed by atoms with Crippen LogP contribution in [0.3, 0.4) is 0 Å². The number of benzene rings is 1. The summed E-state index contributed by atoms with van der Waals surface area (Å²) in [4.78, 5) is 4.00. The Bertz CT molecular complexity index is 978. The van der Waals surface area contributed by atoms with Crippen LogP contribution in [-0.2, 0) is 0 Å². The summed E-state index contributed by atoms with van der Waals surface area (Å²) in [5.74, 6) is 0.226. The second-order valence-corrected chi connectivity index (χ2v) is 8.23. The molecular formula is C18H18FN5O2S. The Kier molecular flexibility index (Phi) is 3.70. The summed E-state index contributed by atoms with van der Waals surface area (Å²) in [6, 6.07) is 5.27. The number of nitrogens with zero attached hydrogens (tertiary/aromatic N) is 4. The zero-order chi connectivity index (χ0) is 18.6. The SMILES string of the molecule is C[C@]12C[C@H](CN1)[C@@H](Oc1nnc(-c3ccc(-n4ccnc4)cc3O)s1)[C@H]2F. The van der Waals surface area contributed by atoms with Crippen molar-refractivity contribution >= 4 is 11.3 Å². The number of alkyl halides is 1. The second kappa shape index (κ2) is 6.00. The maximum Gasteiger partial charge on any atom is 0.294 e. The lowest BCUT2D eigenvalue weighted by molar-refractivity contribution is 0.0438. The van der Waals surface area contributed by atoms with Crippen LogP contribution in [0.5, 0.6) is 10.9 Å². The van der Waals surface area contributed by atoms with Crippen LogP contribution in [0.1, 0.15) is 13.3 Å². The number of ether oxygens (including phenoxy) is 1. The van der Waals surface area contributed by atoms with Gasteiger partial charge in [-0.15, -0.1) is 5.10 Å². The van der Waals surface area contributed by atoms with Gasteiger partial charge in [0.1, 0.15) is 11.9 Å². The molecule has 4 atom stereocenters. The monoisotopic (exact) mass is 387 g/mol. The highest BCUT2D eigenvalue weighted by Gasteiger charge is 2.57. The van der Waals surface area contributed by atoms with Crippen LogP contribution in [0.2, 0.25) is 0 Å². The van der Waals surface area contributed by atoms with Gasteiger partial charge in [-0.3, -0.25) is 0 Å². The van der Waals surface area contributed by atoms with Crippen molar-refractivity contribution in [2.45, 2.75) is 31.2 Å². The molecule has 7 nitrogen and oxygen atoms in total. The number of fused-ring (bicyclic) bond motifs is 2. The van der Waals surface area contributed by atoms with Gasteiger partial charge in [-0.2, -0.15) is 0 Å². The molecule has 1 saturated carbocycles. The topological polar surface area (TPSA) is 85.1 Å². The quantitative estimate of drug-likeness (QED) is 0.716. The van der Waals surface area contributed by atoms with E-state index in [9.17, 15) is 9.50 Å². The van der Waals surface area contributed by atoms with Crippen LogP contribution < -0.4 is 10.1 Å². The summed E-state index contributed by atoms with van der Waals surface area (Å²) in [7, 11) is 0. The molecule has 2 aliphatic rings. The van der Waals surface area contributed by atoms with Crippen molar-refractivity contribution in [3.8, 4) is 27.2 Å². The summed E-state index contributed by atoms with van der Waals surface area (Å²) in [5.41, 5.74) is 0.840. The Labute approximate surface area is 158 Å². The molecule has 2 aromatic heterocycles. The zero-order valence-corrected chi connectivity index (χ0v) is 15.4. The number of aromatic hydroxyl groups is 1. The summed E-state index contributed by atoms with van der Waals surface area (Å²) < 4.78 is 22.3. The summed E-state index contributed by atoms with van der Waals surface area (Å²) in [6.45, 7) is 2.65. The first-order chi connectivity index (χ1) is 13.0. The van der Waals surface area contributed by atoms with Gasteiger partial charge in [0.2, 0.25) is 0 Å². The molecular weight excluding hydrogens is 369 g/mol. The maximum atomic E-state index is 14.6. The summed E-state index contributed by atoms with van der Waals surface area (Å²) >= 11 is 1.21. The fourth-order valence-electron chi connectivity index (χ4n) is 4.01. The highest BCUT2D eigenvalue weighted by Crippen LogP contribution is 2.44. The summed E-state index contributed by atoms with van der Waals surface area (Å²) in [5, 5.41) is 22.6. The molecule has 5 rings (SSSR count). The van der Waals surface area contributed by atoms with Crippen LogP contribution >= 0.6 is 11.3 Å². The first kappa shape index (κ1) is 16.6. The lowest BCUT2D eigenvalue weighted by Gasteiger charge is -2.31. The van der Waals surface area contributed by atoms with E-state index in [1.165, 1.54) is 11.3 Å². The molecule has 0 unspecified atom stereocenters. The molecule has 1 aromatic carbocycles. The van der Waals surface area contributed by atoms with E-state index in [0.717, 1.165) is 18.7 Å². The molecule has 1 aliphatic heterocycles. The van der Waals surface area contributed by atoms with Crippen LogP contribution in [0.25, 0.3) is 16.3 Å². The van der Waals surface area contributed by atoms with E-state index in [2.05, 4.69) is 20.5 Å². The summed E-state index contributed by atoms with van der Waals surface area (Å²) in [6.07, 6.45) is 4.30. The van der Waals surface area contributed by atoms with Gasteiger partial charge >= 0.3 is 0 Å². The smallest absolute Gasteiger partial charge is 0.294 e. The Morgan fingerprint density at radius 1 is 1.41 bits per heavy atom. The van der Waals surface area contributed by atoms with Crippen molar-refractivity contribution in [2.75, 3.05) is 6.54 Å². The molecule has 0 spiro atoms. The zero-order valence-electron chi connectivity index (χ0n) is 14.5. The standard InChI is InChI=1S/C18H18FN5O2S/c1-18-7-10(8-21-18)14(15(18)19)26-17-23-22-16(27-17)12-3-2-11(6-13(12)25)24-5-4-20-9-24/h2-6,9-10,14-15,21,25H,7-8H2,1H3/t10-,14-,15-,18-/m1/s1. The average molecular weight is 387 g/mol. The molecule has 2 bridgehead atoms. The Hall–Kier alpha value is -2.52. The molecule has 2 fully saturated rings. The van der Waals surface area contributed by atoms with Crippen molar-refractivity contribution in [3.05, 3.63) is 36.9 Å². The van der Waals surface area contributed by atoms with Gasteiger partial charge < -0.3 is 19.7 Å². The highest BCUT2D eigenvalue weighted by atomic mass is 32.1. The van der Waals surface area contributed by atoms with E-state index in [1.54, 1.807) is 35.4 Å². The minimum absolute atomic E-state index is 0.0869. The molecule has 2 N–H and O–H groups in total. The van der Waals surface area contributed by atoms with Crippen molar-refractivity contribution < 1.29 is 14.2 Å². The minimum Gasteiger partial charge on any atom is -0.507 e. The lowest BCUT2D eigenvalue weighted by Crippen LogP contribution is -2.53. The van der Waals surface area contributed by atoms with Crippen LogP contribution in [0, 0.1) is 5.92 Å². The third-order valence-electron chi connectivity index (χ3n) is 5.47. The number of imidazole rings is 1. The molecule has 3 heterocycles. The molecule has 140 valence electrons. The minimum atomic E-state index is -1.08. The van der Waals surface area contributed by atoms with Crippen molar-refractivity contribution in [2.24, 2.45) is 5.92 Å². The molecule has 9 heteroatoms. The molecule has 1 saturated heterocycles. The first-order valence-corrected chi connectivity index (χ1v) is 9.56. The number of aromatic nitrogens is 4. The number of rotatable bonds is 4. The second-order valence-electron chi connectivity index (χ2n) is 7.29. The van der Waals surface area contributed by atoms with E-state index >= 15 is 0 Å². The van der Waals surface area contributed by atoms with Gasteiger partial charge in [0.05, 0.1) is 23.1 Å². The van der Waals surface area contributed by atoms with Gasteiger partial charge in [-0.25, -0.2) is 9.37 Å². The van der Waals surface area contributed by atoms with Crippen molar-refractivity contribution in [3.63, 3.8) is 0 Å². The normalized spacial score (nSPS) is 29.3. The van der Waals surface area contributed by atoms with E-state index < -0.39 is 17.8 Å². The van der Waals surface area contributed by atoms with Crippen molar-refractivity contribution in [1.29, 1.82) is 0 Å². The van der Waals surface area contributed by atoms with E-state index in [0.29, 0.717) is 15.8 Å². The Morgan fingerprint density at radius 3 is 3.00 bits per heavy atom. The third kappa shape index (κ3) is 2.69. The van der Waals surface area contributed by atoms with E-state index in [1.807, 2.05) is 13.0 Å². The molecule has 3 aromatic rings. The van der Waals surface area contributed by atoms with E-state index in [-0.39, 0.29) is 11.7 Å². The molecule has 1 aliphatic carbocycles. The van der Waals surface area contributed by atoms with Gasteiger partial charge in [-0.1, -0.05) is 16.4 Å². The highest BCUT2D eigenvalue weighted by molar-refractivity contribution is 7.16. The number of phenolic OH excluding ortho intramolecular Hbond substituents is 1. The van der Waals surface area contributed by atoms with Gasteiger partial charge in [0.15, 0.2) is 11.2 Å². The Morgan fingerprint density at radius 2 is 2.30 bits per heavy atom. The fourth-order valence-corrected chi connectivity index (χ4v) is 4.78. The number of phenols is 1. The number of halogens is 1. The van der Waals surface area contributed by atoms with Gasteiger partial charge in [0, 0.05) is 30.9 Å². The van der Waals surface area contributed by atoms with Gasteiger partial charge in [-0.05, 0) is 25.5 Å². The van der Waals surface area contributed by atoms with Crippen LogP contribution in [-0.4, -0.2) is 49.2 Å². The largest absolute Gasteiger partial charge is 0.507 e. The molecule has 0 amide bonds.